The third-order valence-electron chi connectivity index (χ3n) is 2.99. The van der Waals surface area contributed by atoms with Gasteiger partial charge in [-0.25, -0.2) is 0 Å². The fraction of sp³-hybridized carbons (Fsp3) is 0.200. The van der Waals surface area contributed by atoms with Crippen molar-refractivity contribution in [1.29, 1.82) is 0 Å². The van der Waals surface area contributed by atoms with Crippen LogP contribution in [-0.2, 0) is 0 Å². The molecular weight excluding hydrogens is 435 g/mol. The number of hydrogen-bond acceptors (Lipinski definition) is 3. The second-order valence-electron chi connectivity index (χ2n) is 4.18. The number of aliphatic hydroxyl groups excluding tert-OH is 1. The van der Waals surface area contributed by atoms with E-state index in [2.05, 4.69) is 38.5 Å². The van der Waals surface area contributed by atoms with Crippen LogP contribution in [0.3, 0.4) is 0 Å². The average Bonchev–Trinajstić information content (AvgIpc) is 2.48. The van der Waals surface area contributed by atoms with Crippen LogP contribution in [0.4, 0.5) is 0 Å². The molecule has 2 aromatic carbocycles. The summed E-state index contributed by atoms with van der Waals surface area (Å²) in [5.74, 6) is 1.29. The zero-order valence-corrected chi connectivity index (χ0v) is 14.8. The molecule has 3 nitrogen and oxygen atoms in total. The highest BCUT2D eigenvalue weighted by Gasteiger charge is 2.18. The number of halogens is 2. The van der Waals surface area contributed by atoms with E-state index in [1.165, 1.54) is 0 Å². The Morgan fingerprint density at radius 3 is 2.45 bits per heavy atom. The Labute approximate surface area is 140 Å². The number of benzene rings is 2. The van der Waals surface area contributed by atoms with Crippen molar-refractivity contribution < 1.29 is 14.6 Å². The van der Waals surface area contributed by atoms with Gasteiger partial charge in [0.2, 0.25) is 0 Å². The number of ether oxygens (including phenoxy) is 2. The lowest BCUT2D eigenvalue weighted by Crippen LogP contribution is -2.04. The molecule has 5 heteroatoms. The van der Waals surface area contributed by atoms with Crippen LogP contribution in [0.5, 0.6) is 11.5 Å². The van der Waals surface area contributed by atoms with Crippen LogP contribution in [0.15, 0.2) is 40.9 Å². The predicted molar refractivity (Wildman–Crippen MR) is 90.5 cm³/mol. The zero-order chi connectivity index (χ0) is 14.7. The van der Waals surface area contributed by atoms with Gasteiger partial charge in [-0.3, -0.25) is 0 Å². The van der Waals surface area contributed by atoms with Crippen molar-refractivity contribution in [2.24, 2.45) is 0 Å². The predicted octanol–water partition coefficient (Wildman–Crippen LogP) is 4.15. The van der Waals surface area contributed by atoms with Crippen LogP contribution in [0, 0.1) is 3.57 Å². The van der Waals surface area contributed by atoms with Crippen LogP contribution >= 0.6 is 38.5 Å². The van der Waals surface area contributed by atoms with E-state index >= 15 is 0 Å². The van der Waals surface area contributed by atoms with Gasteiger partial charge in [-0.2, -0.15) is 0 Å². The molecule has 0 aliphatic heterocycles. The molecule has 0 saturated carbocycles. The van der Waals surface area contributed by atoms with E-state index in [1.807, 2.05) is 30.3 Å². The maximum Gasteiger partial charge on any atom is 0.128 e. The molecule has 0 fully saturated rings. The molecule has 1 atom stereocenters. The number of aliphatic hydroxyl groups is 1. The fourth-order valence-electron chi connectivity index (χ4n) is 1.94. The summed E-state index contributed by atoms with van der Waals surface area (Å²) in [4.78, 5) is 0. The molecule has 106 valence electrons. The molecule has 1 unspecified atom stereocenters. The third-order valence-corrected chi connectivity index (χ3v) is 4.38. The quantitative estimate of drug-likeness (QED) is 0.714. The van der Waals surface area contributed by atoms with Gasteiger partial charge in [-0.15, -0.1) is 0 Å². The van der Waals surface area contributed by atoms with Gasteiger partial charge < -0.3 is 14.6 Å². The summed E-state index contributed by atoms with van der Waals surface area (Å²) in [6.07, 6.45) is -0.764. The molecule has 0 aliphatic rings. The SMILES string of the molecule is COc1ccc(C(O)c2cc(I)ccc2Br)c(OC)c1. The monoisotopic (exact) mass is 448 g/mol. The van der Waals surface area contributed by atoms with E-state index in [0.717, 1.165) is 13.6 Å². The van der Waals surface area contributed by atoms with Crippen molar-refractivity contribution in [3.05, 3.63) is 55.6 Å². The van der Waals surface area contributed by atoms with E-state index in [9.17, 15) is 5.11 Å². The second-order valence-corrected chi connectivity index (χ2v) is 6.28. The average molecular weight is 449 g/mol. The minimum atomic E-state index is -0.764. The van der Waals surface area contributed by atoms with E-state index in [0.29, 0.717) is 17.1 Å². The molecule has 0 heterocycles. The summed E-state index contributed by atoms with van der Waals surface area (Å²) >= 11 is 5.70. The van der Waals surface area contributed by atoms with Crippen LogP contribution in [0.1, 0.15) is 17.2 Å². The Kier molecular flexibility index (Phi) is 5.29. The van der Waals surface area contributed by atoms with E-state index in [-0.39, 0.29) is 0 Å². The first-order chi connectivity index (χ1) is 9.56. The first-order valence-electron chi connectivity index (χ1n) is 5.91. The lowest BCUT2D eigenvalue weighted by Gasteiger charge is -2.17. The lowest BCUT2D eigenvalue weighted by atomic mass is 10.0. The smallest absolute Gasteiger partial charge is 0.128 e. The Balaban J connectivity index is 2.47. The first kappa shape index (κ1) is 15.6. The molecule has 0 amide bonds. The molecule has 0 aromatic heterocycles. The van der Waals surface area contributed by atoms with Gasteiger partial charge in [-0.1, -0.05) is 15.9 Å². The second kappa shape index (κ2) is 6.78. The molecule has 20 heavy (non-hydrogen) atoms. The van der Waals surface area contributed by atoms with Crippen LogP contribution in [0.25, 0.3) is 0 Å². The highest BCUT2D eigenvalue weighted by atomic mass is 127. The minimum Gasteiger partial charge on any atom is -0.497 e. The molecule has 1 N–H and O–H groups in total. The fourth-order valence-corrected chi connectivity index (χ4v) is 2.91. The van der Waals surface area contributed by atoms with Crippen LogP contribution in [0.2, 0.25) is 0 Å². The van der Waals surface area contributed by atoms with E-state index in [1.54, 1.807) is 20.3 Å². The summed E-state index contributed by atoms with van der Waals surface area (Å²) in [7, 11) is 3.18. The largest absolute Gasteiger partial charge is 0.497 e. The summed E-state index contributed by atoms with van der Waals surface area (Å²) in [5.41, 5.74) is 1.51. The van der Waals surface area contributed by atoms with Gasteiger partial charge in [-0.05, 0) is 52.9 Å². The molecular formula is C15H14BrIO3. The zero-order valence-electron chi connectivity index (χ0n) is 11.1. The minimum absolute atomic E-state index is 0.600. The van der Waals surface area contributed by atoms with Crippen molar-refractivity contribution in [3.8, 4) is 11.5 Å². The Bertz CT molecular complexity index is 616. The van der Waals surface area contributed by atoms with Crippen molar-refractivity contribution >= 4 is 38.5 Å². The van der Waals surface area contributed by atoms with Gasteiger partial charge in [0.15, 0.2) is 0 Å². The normalized spacial score (nSPS) is 12.1. The van der Waals surface area contributed by atoms with Crippen LogP contribution < -0.4 is 9.47 Å². The van der Waals surface area contributed by atoms with Gasteiger partial charge >= 0.3 is 0 Å². The Morgan fingerprint density at radius 2 is 1.80 bits per heavy atom. The van der Waals surface area contributed by atoms with Gasteiger partial charge in [0.1, 0.15) is 17.6 Å². The highest BCUT2D eigenvalue weighted by molar-refractivity contribution is 14.1. The number of hydrogen-bond donors (Lipinski definition) is 1. The van der Waals surface area contributed by atoms with E-state index in [4.69, 9.17) is 9.47 Å². The first-order valence-corrected chi connectivity index (χ1v) is 7.79. The van der Waals surface area contributed by atoms with Gasteiger partial charge in [0.05, 0.1) is 14.2 Å². The summed E-state index contributed by atoms with van der Waals surface area (Å²) < 4.78 is 12.4. The molecule has 0 aliphatic carbocycles. The molecule has 0 bridgehead atoms. The summed E-state index contributed by atoms with van der Waals surface area (Å²) in [6, 6.07) is 11.2. The standard InChI is InChI=1S/C15H14BrIO3/c1-19-10-4-5-11(14(8-10)20-2)15(18)12-7-9(17)3-6-13(12)16/h3-8,15,18H,1-2H3. The molecule has 0 spiro atoms. The Hall–Kier alpha value is -0.790. The van der Waals surface area contributed by atoms with Crippen LogP contribution in [-0.4, -0.2) is 19.3 Å². The lowest BCUT2D eigenvalue weighted by molar-refractivity contribution is 0.213. The van der Waals surface area contributed by atoms with Crippen molar-refractivity contribution in [2.45, 2.75) is 6.10 Å². The molecule has 0 saturated heterocycles. The highest BCUT2D eigenvalue weighted by Crippen LogP contribution is 2.36. The summed E-state index contributed by atoms with van der Waals surface area (Å²) in [5, 5.41) is 10.6. The summed E-state index contributed by atoms with van der Waals surface area (Å²) in [6.45, 7) is 0. The van der Waals surface area contributed by atoms with Crippen molar-refractivity contribution in [1.82, 2.24) is 0 Å². The van der Waals surface area contributed by atoms with Gasteiger partial charge in [0.25, 0.3) is 0 Å². The third kappa shape index (κ3) is 3.27. The van der Waals surface area contributed by atoms with Gasteiger partial charge in [0, 0.05) is 25.2 Å². The molecule has 2 aromatic rings. The number of rotatable bonds is 4. The molecule has 0 radical (unpaired) electrons. The van der Waals surface area contributed by atoms with Crippen molar-refractivity contribution in [3.63, 3.8) is 0 Å². The topological polar surface area (TPSA) is 38.7 Å². The van der Waals surface area contributed by atoms with E-state index < -0.39 is 6.10 Å². The molecule has 2 rings (SSSR count). The maximum atomic E-state index is 10.6. The maximum absolute atomic E-state index is 10.6. The Morgan fingerprint density at radius 1 is 1.05 bits per heavy atom. The van der Waals surface area contributed by atoms with Crippen molar-refractivity contribution in [2.75, 3.05) is 14.2 Å². The number of methoxy groups -OCH3 is 2.